The van der Waals surface area contributed by atoms with Gasteiger partial charge < -0.3 is 15.3 Å². The van der Waals surface area contributed by atoms with Crippen molar-refractivity contribution in [1.82, 2.24) is 4.90 Å². The number of carbonyl (C=O) groups excluding carboxylic acids is 2. The number of rotatable bonds is 6. The normalized spacial score (nSPS) is 20.2. The summed E-state index contributed by atoms with van der Waals surface area (Å²) in [6.45, 7) is 3.55. The monoisotopic (exact) mass is 304 g/mol. The van der Waals surface area contributed by atoms with E-state index in [0.29, 0.717) is 23.2 Å². The number of aliphatic hydroxyl groups is 1. The molecule has 2 rings (SSSR count). The van der Waals surface area contributed by atoms with Gasteiger partial charge in [-0.1, -0.05) is 32.3 Å². The molecule has 0 aliphatic carbocycles. The van der Waals surface area contributed by atoms with Crippen LogP contribution in [0.2, 0.25) is 0 Å². The number of anilines is 1. The van der Waals surface area contributed by atoms with Crippen LogP contribution in [-0.2, 0) is 10.5 Å². The van der Waals surface area contributed by atoms with Gasteiger partial charge in [-0.15, -0.1) is 0 Å². The Bertz CT molecular complexity index is 585. The van der Waals surface area contributed by atoms with E-state index in [0.717, 1.165) is 25.7 Å². The molecule has 0 radical (unpaired) electrons. The van der Waals surface area contributed by atoms with Crippen LogP contribution in [0.15, 0.2) is 18.2 Å². The van der Waals surface area contributed by atoms with Gasteiger partial charge >= 0.3 is 0 Å². The number of nitrogens with zero attached hydrogens (tertiary/aromatic N) is 1. The highest BCUT2D eigenvalue weighted by molar-refractivity contribution is 6.03. The number of benzene rings is 1. The van der Waals surface area contributed by atoms with Crippen LogP contribution in [0.4, 0.5) is 5.69 Å². The fourth-order valence-electron chi connectivity index (χ4n) is 3.06. The van der Waals surface area contributed by atoms with Crippen molar-refractivity contribution in [3.8, 4) is 0 Å². The molecule has 1 aromatic rings. The summed E-state index contributed by atoms with van der Waals surface area (Å²) in [5.74, 6) is -0.427. The molecule has 2 N–H and O–H groups in total. The van der Waals surface area contributed by atoms with E-state index in [9.17, 15) is 14.7 Å². The summed E-state index contributed by atoms with van der Waals surface area (Å²) in [5.41, 5.74) is 0.153. The van der Waals surface area contributed by atoms with Crippen LogP contribution >= 0.6 is 0 Å². The number of unbranched alkanes of at least 4 members (excludes halogenated alkanes) is 3. The Morgan fingerprint density at radius 3 is 2.68 bits per heavy atom. The largest absolute Gasteiger partial charge is 0.367 e. The molecule has 1 unspecified atom stereocenters. The molecule has 2 amide bonds. The predicted molar refractivity (Wildman–Crippen MR) is 85.5 cm³/mol. The van der Waals surface area contributed by atoms with Gasteiger partial charge in [-0.25, -0.2) is 0 Å². The molecular formula is C17H24N2O3. The number of nitrogens with one attached hydrogen (secondary N) is 1. The van der Waals surface area contributed by atoms with Crippen LogP contribution < -0.4 is 5.32 Å². The lowest BCUT2D eigenvalue weighted by atomic mass is 9.93. The number of fused-ring (bicyclic) bond motifs is 1. The SMILES string of the molecule is CCCCCCC1(O)c2c(NC(C)=O)cccc2C(=O)N1C. The van der Waals surface area contributed by atoms with Crippen molar-refractivity contribution in [2.24, 2.45) is 0 Å². The first-order valence-electron chi connectivity index (χ1n) is 7.83. The average molecular weight is 304 g/mol. The van der Waals surface area contributed by atoms with Gasteiger partial charge in [-0.2, -0.15) is 0 Å². The standard InChI is InChI=1S/C17H24N2O3/c1-4-5-6-7-11-17(22)15-13(16(21)19(17)3)9-8-10-14(15)18-12(2)20/h8-10,22H,4-7,11H2,1-3H3,(H,18,20). The zero-order valence-electron chi connectivity index (χ0n) is 13.5. The first kappa shape index (κ1) is 16.5. The summed E-state index contributed by atoms with van der Waals surface area (Å²) < 4.78 is 0. The summed E-state index contributed by atoms with van der Waals surface area (Å²) in [4.78, 5) is 25.2. The van der Waals surface area contributed by atoms with Crippen LogP contribution in [0.5, 0.6) is 0 Å². The lowest BCUT2D eigenvalue weighted by Crippen LogP contribution is -2.41. The molecule has 1 aromatic carbocycles. The van der Waals surface area contributed by atoms with Crippen molar-refractivity contribution in [3.05, 3.63) is 29.3 Å². The second-order valence-corrected chi connectivity index (χ2v) is 5.90. The van der Waals surface area contributed by atoms with E-state index in [-0.39, 0.29) is 11.8 Å². The van der Waals surface area contributed by atoms with Crippen molar-refractivity contribution >= 4 is 17.5 Å². The van der Waals surface area contributed by atoms with E-state index >= 15 is 0 Å². The molecule has 0 spiro atoms. The fraction of sp³-hybridized carbons (Fsp3) is 0.529. The molecule has 22 heavy (non-hydrogen) atoms. The quantitative estimate of drug-likeness (QED) is 0.794. The van der Waals surface area contributed by atoms with Crippen LogP contribution in [0.1, 0.15) is 61.9 Å². The molecular weight excluding hydrogens is 280 g/mol. The molecule has 0 aromatic heterocycles. The Morgan fingerprint density at radius 1 is 1.32 bits per heavy atom. The van der Waals surface area contributed by atoms with E-state index in [1.807, 2.05) is 0 Å². The van der Waals surface area contributed by atoms with Crippen molar-refractivity contribution < 1.29 is 14.7 Å². The van der Waals surface area contributed by atoms with Gasteiger partial charge in [-0.3, -0.25) is 9.59 Å². The molecule has 0 bridgehead atoms. The van der Waals surface area contributed by atoms with Crippen molar-refractivity contribution in [3.63, 3.8) is 0 Å². The molecule has 1 aliphatic rings. The number of hydrogen-bond acceptors (Lipinski definition) is 3. The topological polar surface area (TPSA) is 69.6 Å². The number of carbonyl (C=O) groups is 2. The van der Waals surface area contributed by atoms with E-state index in [4.69, 9.17) is 0 Å². The third kappa shape index (κ3) is 2.86. The van der Waals surface area contributed by atoms with Gasteiger partial charge in [0.05, 0.1) is 0 Å². The molecule has 1 aliphatic heterocycles. The zero-order chi connectivity index (χ0) is 16.3. The summed E-state index contributed by atoms with van der Waals surface area (Å²) in [6.07, 6.45) is 4.53. The first-order valence-corrected chi connectivity index (χ1v) is 7.83. The van der Waals surface area contributed by atoms with E-state index in [1.165, 1.54) is 11.8 Å². The minimum absolute atomic E-state index is 0.208. The molecule has 120 valence electrons. The summed E-state index contributed by atoms with van der Waals surface area (Å²) in [5, 5.41) is 13.9. The Kier molecular flexibility index (Phi) is 4.86. The molecule has 5 heteroatoms. The van der Waals surface area contributed by atoms with Crippen LogP contribution in [0.25, 0.3) is 0 Å². The van der Waals surface area contributed by atoms with Gasteiger partial charge in [0.15, 0.2) is 5.72 Å². The molecule has 0 fully saturated rings. The second kappa shape index (κ2) is 6.48. The maximum absolute atomic E-state index is 12.4. The van der Waals surface area contributed by atoms with Crippen molar-refractivity contribution in [2.45, 2.75) is 51.7 Å². The zero-order valence-corrected chi connectivity index (χ0v) is 13.5. The Hall–Kier alpha value is -1.88. The average Bonchev–Trinajstić information content (AvgIpc) is 2.67. The van der Waals surface area contributed by atoms with Crippen molar-refractivity contribution in [2.75, 3.05) is 12.4 Å². The number of hydrogen-bond donors (Lipinski definition) is 2. The Labute approximate surface area is 131 Å². The Balaban J connectivity index is 2.37. The maximum atomic E-state index is 12.4. The third-order valence-electron chi connectivity index (χ3n) is 4.24. The first-order chi connectivity index (χ1) is 10.4. The van der Waals surface area contributed by atoms with E-state index in [1.54, 1.807) is 25.2 Å². The molecule has 1 atom stereocenters. The van der Waals surface area contributed by atoms with Gasteiger partial charge in [-0.05, 0) is 25.0 Å². The second-order valence-electron chi connectivity index (χ2n) is 5.90. The van der Waals surface area contributed by atoms with Gasteiger partial charge in [0.1, 0.15) is 0 Å². The van der Waals surface area contributed by atoms with E-state index in [2.05, 4.69) is 12.2 Å². The predicted octanol–water partition coefficient (Wildman–Crippen LogP) is 2.85. The highest BCUT2D eigenvalue weighted by Gasteiger charge is 2.47. The van der Waals surface area contributed by atoms with Gasteiger partial charge in [0.2, 0.25) is 5.91 Å². The van der Waals surface area contributed by atoms with E-state index < -0.39 is 5.72 Å². The van der Waals surface area contributed by atoms with Gasteiger partial charge in [0, 0.05) is 30.8 Å². The molecule has 0 saturated heterocycles. The smallest absolute Gasteiger partial charge is 0.256 e. The third-order valence-corrected chi connectivity index (χ3v) is 4.24. The molecule has 0 saturated carbocycles. The van der Waals surface area contributed by atoms with Crippen LogP contribution in [0, 0.1) is 0 Å². The summed E-state index contributed by atoms with van der Waals surface area (Å²) in [7, 11) is 1.61. The van der Waals surface area contributed by atoms with Gasteiger partial charge in [0.25, 0.3) is 5.91 Å². The molecule has 5 nitrogen and oxygen atoms in total. The maximum Gasteiger partial charge on any atom is 0.256 e. The van der Waals surface area contributed by atoms with Crippen LogP contribution in [0.3, 0.4) is 0 Å². The number of amides is 2. The minimum atomic E-state index is -1.35. The Morgan fingerprint density at radius 2 is 2.05 bits per heavy atom. The fourth-order valence-corrected chi connectivity index (χ4v) is 3.06. The minimum Gasteiger partial charge on any atom is -0.367 e. The highest BCUT2D eigenvalue weighted by atomic mass is 16.3. The summed E-state index contributed by atoms with van der Waals surface area (Å²) in [6, 6.07) is 5.14. The molecule has 1 heterocycles. The summed E-state index contributed by atoms with van der Waals surface area (Å²) >= 11 is 0. The lowest BCUT2D eigenvalue weighted by Gasteiger charge is -2.32. The lowest BCUT2D eigenvalue weighted by molar-refractivity contribution is -0.114. The highest BCUT2D eigenvalue weighted by Crippen LogP contribution is 2.43. The van der Waals surface area contributed by atoms with Crippen molar-refractivity contribution in [1.29, 1.82) is 0 Å². The van der Waals surface area contributed by atoms with Crippen LogP contribution in [-0.4, -0.2) is 28.9 Å².